The lowest BCUT2D eigenvalue weighted by Gasteiger charge is -2.16. The number of nitro groups is 1. The number of nitrogens with zero attached hydrogens (tertiary/aromatic N) is 2. The molecule has 0 aliphatic carbocycles. The summed E-state index contributed by atoms with van der Waals surface area (Å²) >= 11 is 0. The van der Waals surface area contributed by atoms with Gasteiger partial charge in [0.1, 0.15) is 5.52 Å². The molecule has 0 bridgehead atoms. The molecular formula is C14H19N3O2. The van der Waals surface area contributed by atoms with Gasteiger partial charge in [-0.1, -0.05) is 13.8 Å². The molecule has 2 aromatic rings. The number of nitrogens with one attached hydrogen (secondary N) is 1. The molecule has 0 atom stereocenters. The molecule has 102 valence electrons. The first-order valence-corrected chi connectivity index (χ1v) is 6.54. The summed E-state index contributed by atoms with van der Waals surface area (Å²) in [6.45, 7) is 8.82. The molecule has 2 rings (SSSR count). The topological polar surface area (TPSA) is 62.2 Å². The standard InChI is InChI=1S/C14H19N3O2/c1-4-16(5-2)9-12-8-11-6-10(3)7-13(17(18)19)14(11)15-12/h6-8,15H,4-5,9H2,1-3H3. The van der Waals surface area contributed by atoms with Gasteiger partial charge in [-0.2, -0.15) is 0 Å². The zero-order valence-electron chi connectivity index (χ0n) is 11.6. The van der Waals surface area contributed by atoms with Crippen LogP contribution < -0.4 is 0 Å². The Kier molecular flexibility index (Phi) is 3.85. The molecular weight excluding hydrogens is 242 g/mol. The van der Waals surface area contributed by atoms with Crippen molar-refractivity contribution in [3.63, 3.8) is 0 Å². The predicted octanol–water partition coefficient (Wildman–Crippen LogP) is 3.23. The SMILES string of the molecule is CCN(CC)Cc1cc2cc(C)cc([N+](=O)[O-])c2[nH]1. The molecule has 5 nitrogen and oxygen atoms in total. The molecule has 1 aromatic heterocycles. The van der Waals surface area contributed by atoms with E-state index >= 15 is 0 Å². The molecule has 0 aliphatic heterocycles. The van der Waals surface area contributed by atoms with Crippen LogP contribution in [0.4, 0.5) is 5.69 Å². The minimum Gasteiger partial charge on any atom is -0.352 e. The minimum absolute atomic E-state index is 0.154. The third-order valence-electron chi connectivity index (χ3n) is 3.39. The van der Waals surface area contributed by atoms with Crippen LogP contribution in [0.5, 0.6) is 0 Å². The number of aryl methyl sites for hydroxylation is 1. The fraction of sp³-hybridized carbons (Fsp3) is 0.429. The van der Waals surface area contributed by atoms with Gasteiger partial charge in [-0.3, -0.25) is 15.0 Å². The summed E-state index contributed by atoms with van der Waals surface area (Å²) in [4.78, 5) is 16.2. The van der Waals surface area contributed by atoms with Crippen molar-refractivity contribution in [1.29, 1.82) is 0 Å². The summed E-state index contributed by atoms with van der Waals surface area (Å²) < 4.78 is 0. The van der Waals surface area contributed by atoms with Gasteiger partial charge < -0.3 is 4.98 Å². The van der Waals surface area contributed by atoms with Gasteiger partial charge in [0.15, 0.2) is 0 Å². The number of fused-ring (bicyclic) bond motifs is 1. The van der Waals surface area contributed by atoms with Crippen molar-refractivity contribution in [3.8, 4) is 0 Å². The Morgan fingerprint density at radius 1 is 1.26 bits per heavy atom. The van der Waals surface area contributed by atoms with Gasteiger partial charge in [0.25, 0.3) is 5.69 Å². The molecule has 0 amide bonds. The van der Waals surface area contributed by atoms with Crippen molar-refractivity contribution < 1.29 is 4.92 Å². The number of non-ortho nitro benzene ring substituents is 1. The number of nitro benzene ring substituents is 1. The molecule has 19 heavy (non-hydrogen) atoms. The molecule has 0 fully saturated rings. The normalized spacial score (nSPS) is 11.4. The van der Waals surface area contributed by atoms with Crippen LogP contribution >= 0.6 is 0 Å². The third kappa shape index (κ3) is 2.76. The second kappa shape index (κ2) is 5.40. The van der Waals surface area contributed by atoms with Crippen LogP contribution in [-0.4, -0.2) is 27.9 Å². The fourth-order valence-corrected chi connectivity index (χ4v) is 2.35. The van der Waals surface area contributed by atoms with Crippen LogP contribution in [0, 0.1) is 17.0 Å². The molecule has 0 unspecified atom stereocenters. The molecule has 0 spiro atoms. The summed E-state index contributed by atoms with van der Waals surface area (Å²) in [5.74, 6) is 0. The Balaban J connectivity index is 2.45. The van der Waals surface area contributed by atoms with E-state index in [0.717, 1.165) is 36.3 Å². The fourth-order valence-electron chi connectivity index (χ4n) is 2.35. The molecule has 1 aromatic carbocycles. The molecule has 0 saturated carbocycles. The predicted molar refractivity (Wildman–Crippen MR) is 76.3 cm³/mol. The van der Waals surface area contributed by atoms with Crippen LogP contribution in [0.3, 0.4) is 0 Å². The quantitative estimate of drug-likeness (QED) is 0.664. The zero-order valence-corrected chi connectivity index (χ0v) is 11.6. The summed E-state index contributed by atoms with van der Waals surface area (Å²) in [5, 5.41) is 12.0. The first kappa shape index (κ1) is 13.5. The summed E-state index contributed by atoms with van der Waals surface area (Å²) in [5.41, 5.74) is 2.71. The number of aromatic nitrogens is 1. The van der Waals surface area contributed by atoms with Crippen LogP contribution in [0.25, 0.3) is 10.9 Å². The summed E-state index contributed by atoms with van der Waals surface area (Å²) in [6.07, 6.45) is 0. The second-order valence-corrected chi connectivity index (χ2v) is 4.76. The lowest BCUT2D eigenvalue weighted by molar-refractivity contribution is -0.383. The van der Waals surface area contributed by atoms with Gasteiger partial charge in [0.2, 0.25) is 0 Å². The molecule has 5 heteroatoms. The second-order valence-electron chi connectivity index (χ2n) is 4.76. The van der Waals surface area contributed by atoms with Crippen molar-refractivity contribution in [1.82, 2.24) is 9.88 Å². The van der Waals surface area contributed by atoms with Crippen molar-refractivity contribution in [2.24, 2.45) is 0 Å². The molecule has 0 saturated heterocycles. The van der Waals surface area contributed by atoms with Gasteiger partial charge in [0, 0.05) is 23.7 Å². The molecule has 1 N–H and O–H groups in total. The smallest absolute Gasteiger partial charge is 0.293 e. The van der Waals surface area contributed by atoms with Gasteiger partial charge in [-0.25, -0.2) is 0 Å². The highest BCUT2D eigenvalue weighted by Crippen LogP contribution is 2.27. The molecule has 0 aliphatic rings. The van der Waals surface area contributed by atoms with Gasteiger partial charge >= 0.3 is 0 Å². The third-order valence-corrected chi connectivity index (χ3v) is 3.39. The highest BCUT2D eigenvalue weighted by Gasteiger charge is 2.15. The number of hydrogen-bond donors (Lipinski definition) is 1. The van der Waals surface area contributed by atoms with Crippen molar-refractivity contribution in [3.05, 3.63) is 39.6 Å². The first-order valence-electron chi connectivity index (χ1n) is 6.54. The number of benzene rings is 1. The average Bonchev–Trinajstić information content (AvgIpc) is 2.76. The van der Waals surface area contributed by atoms with Crippen molar-refractivity contribution in [2.45, 2.75) is 27.3 Å². The van der Waals surface area contributed by atoms with Gasteiger partial charge in [-0.15, -0.1) is 0 Å². The Morgan fingerprint density at radius 2 is 1.95 bits per heavy atom. The number of hydrogen-bond acceptors (Lipinski definition) is 3. The lowest BCUT2D eigenvalue weighted by atomic mass is 10.1. The van der Waals surface area contributed by atoms with Crippen LogP contribution in [0.15, 0.2) is 18.2 Å². The lowest BCUT2D eigenvalue weighted by Crippen LogP contribution is -2.22. The van der Waals surface area contributed by atoms with E-state index in [-0.39, 0.29) is 10.6 Å². The van der Waals surface area contributed by atoms with E-state index < -0.39 is 0 Å². The Bertz CT molecular complexity index is 600. The maximum Gasteiger partial charge on any atom is 0.293 e. The number of rotatable bonds is 5. The zero-order chi connectivity index (χ0) is 14.0. The van der Waals surface area contributed by atoms with E-state index in [1.165, 1.54) is 0 Å². The molecule has 0 radical (unpaired) electrons. The number of aromatic amines is 1. The largest absolute Gasteiger partial charge is 0.352 e. The highest BCUT2D eigenvalue weighted by atomic mass is 16.6. The monoisotopic (exact) mass is 261 g/mol. The maximum atomic E-state index is 11.1. The van der Waals surface area contributed by atoms with E-state index in [9.17, 15) is 10.1 Å². The van der Waals surface area contributed by atoms with Crippen molar-refractivity contribution >= 4 is 16.6 Å². The first-order chi connectivity index (χ1) is 9.05. The van der Waals surface area contributed by atoms with Crippen LogP contribution in [-0.2, 0) is 6.54 Å². The summed E-state index contributed by atoms with van der Waals surface area (Å²) in [7, 11) is 0. The van der Waals surface area contributed by atoms with E-state index in [0.29, 0.717) is 5.52 Å². The Morgan fingerprint density at radius 3 is 2.53 bits per heavy atom. The van der Waals surface area contributed by atoms with E-state index in [4.69, 9.17) is 0 Å². The van der Waals surface area contributed by atoms with Gasteiger partial charge in [0.05, 0.1) is 4.92 Å². The Hall–Kier alpha value is -1.88. The highest BCUT2D eigenvalue weighted by molar-refractivity contribution is 5.89. The van der Waals surface area contributed by atoms with E-state index in [1.54, 1.807) is 6.07 Å². The van der Waals surface area contributed by atoms with Crippen molar-refractivity contribution in [2.75, 3.05) is 13.1 Å². The minimum atomic E-state index is -0.326. The average molecular weight is 261 g/mol. The van der Waals surface area contributed by atoms with E-state index in [2.05, 4.69) is 23.7 Å². The van der Waals surface area contributed by atoms with Gasteiger partial charge in [-0.05, 0) is 37.7 Å². The number of H-pyrrole nitrogens is 1. The van der Waals surface area contributed by atoms with Crippen LogP contribution in [0.1, 0.15) is 25.1 Å². The van der Waals surface area contributed by atoms with E-state index in [1.807, 2.05) is 19.1 Å². The maximum absolute atomic E-state index is 11.1. The molecule has 1 heterocycles. The summed E-state index contributed by atoms with van der Waals surface area (Å²) in [6, 6.07) is 5.60. The Labute approximate surface area is 112 Å². The van der Waals surface area contributed by atoms with Crippen LogP contribution in [0.2, 0.25) is 0 Å².